The molecule has 3 aliphatic rings. The van der Waals surface area contributed by atoms with Gasteiger partial charge in [0.05, 0.1) is 5.56 Å². The van der Waals surface area contributed by atoms with Gasteiger partial charge >= 0.3 is 12.1 Å². The van der Waals surface area contributed by atoms with E-state index in [4.69, 9.17) is 10.5 Å². The van der Waals surface area contributed by atoms with Gasteiger partial charge in [0.2, 0.25) is 11.8 Å². The number of rotatable bonds is 7. The zero-order valence-corrected chi connectivity index (χ0v) is 25.2. The number of carbonyl (C=O) groups is 4. The number of amides is 3. The molecule has 1 aromatic rings. The molecule has 232 valence electrons. The summed E-state index contributed by atoms with van der Waals surface area (Å²) in [5.41, 5.74) is 5.22. The number of benzene rings is 1. The van der Waals surface area contributed by atoms with E-state index in [2.05, 4.69) is 5.32 Å². The molecule has 0 radical (unpaired) electrons. The van der Waals surface area contributed by atoms with Crippen LogP contribution in [-0.2, 0) is 14.3 Å². The van der Waals surface area contributed by atoms with Crippen LogP contribution in [-0.4, -0.2) is 58.1 Å². The molecule has 1 saturated heterocycles. The molecule has 0 spiro atoms. The van der Waals surface area contributed by atoms with Crippen molar-refractivity contribution >= 4 is 23.9 Å². The van der Waals surface area contributed by atoms with Gasteiger partial charge in [-0.25, -0.2) is 14.0 Å². The maximum atomic E-state index is 15.6. The zero-order chi connectivity index (χ0) is 30.8. The number of carboxylic acid groups (broad SMARTS) is 1. The lowest BCUT2D eigenvalue weighted by atomic mass is 9.70. The van der Waals surface area contributed by atoms with Crippen molar-refractivity contribution in [1.29, 1.82) is 0 Å². The molecule has 9 nitrogen and oxygen atoms in total. The molecule has 10 heteroatoms. The fourth-order valence-corrected chi connectivity index (χ4v) is 7.57. The van der Waals surface area contributed by atoms with Gasteiger partial charge in [-0.1, -0.05) is 44.2 Å². The first-order chi connectivity index (χ1) is 19.8. The minimum Gasteiger partial charge on any atom is -0.478 e. The molecule has 0 aromatic heterocycles. The number of likely N-dealkylation sites (tertiary alicyclic amines) is 1. The topological polar surface area (TPSA) is 139 Å². The fraction of sp³-hybridized carbons (Fsp3) is 0.688. The van der Waals surface area contributed by atoms with Crippen LogP contribution < -0.4 is 11.1 Å². The monoisotopic (exact) mass is 587 g/mol. The number of primary amides is 1. The predicted molar refractivity (Wildman–Crippen MR) is 155 cm³/mol. The Labute approximate surface area is 247 Å². The lowest BCUT2D eigenvalue weighted by Crippen LogP contribution is -2.50. The second-order valence-corrected chi connectivity index (χ2v) is 13.5. The number of hydrogen-bond acceptors (Lipinski definition) is 5. The first-order valence-corrected chi connectivity index (χ1v) is 15.4. The van der Waals surface area contributed by atoms with Crippen LogP contribution in [0.25, 0.3) is 0 Å². The molecule has 42 heavy (non-hydrogen) atoms. The highest BCUT2D eigenvalue weighted by molar-refractivity contribution is 5.90. The first kappa shape index (κ1) is 31.8. The van der Waals surface area contributed by atoms with Crippen molar-refractivity contribution in [3.63, 3.8) is 0 Å². The molecule has 1 heterocycles. The third kappa shape index (κ3) is 7.06. The van der Waals surface area contributed by atoms with E-state index >= 15 is 4.39 Å². The third-order valence-corrected chi connectivity index (χ3v) is 9.56. The summed E-state index contributed by atoms with van der Waals surface area (Å²) in [5, 5.41) is 12.5. The van der Waals surface area contributed by atoms with E-state index in [0.29, 0.717) is 12.8 Å². The van der Waals surface area contributed by atoms with Crippen molar-refractivity contribution in [2.75, 3.05) is 6.54 Å². The molecule has 2 aliphatic carbocycles. The number of carboxylic acids is 1. The summed E-state index contributed by atoms with van der Waals surface area (Å²) < 4.78 is 21.0. The number of nitrogens with zero attached hydrogens (tertiary/aromatic N) is 1. The van der Waals surface area contributed by atoms with Crippen molar-refractivity contribution < 1.29 is 33.4 Å². The second-order valence-electron chi connectivity index (χ2n) is 13.5. The van der Waals surface area contributed by atoms with E-state index in [1.807, 2.05) is 27.7 Å². The summed E-state index contributed by atoms with van der Waals surface area (Å²) in [7, 11) is 0. The van der Waals surface area contributed by atoms with Gasteiger partial charge in [0.15, 0.2) is 0 Å². The van der Waals surface area contributed by atoms with E-state index in [1.54, 1.807) is 11.0 Å². The summed E-state index contributed by atoms with van der Waals surface area (Å²) in [4.78, 5) is 52.6. The summed E-state index contributed by atoms with van der Waals surface area (Å²) in [6.07, 6.45) is 7.00. The van der Waals surface area contributed by atoms with Crippen molar-refractivity contribution in [3.8, 4) is 0 Å². The van der Waals surface area contributed by atoms with Gasteiger partial charge in [-0.15, -0.1) is 0 Å². The number of carbonyl (C=O) groups excluding carboxylic acids is 3. The molecule has 2 saturated carbocycles. The van der Waals surface area contributed by atoms with Crippen molar-refractivity contribution in [2.24, 2.45) is 29.4 Å². The van der Waals surface area contributed by atoms with Crippen LogP contribution in [0.2, 0.25) is 0 Å². The van der Waals surface area contributed by atoms with Crippen LogP contribution in [0.1, 0.15) is 107 Å². The Morgan fingerprint density at radius 1 is 1.05 bits per heavy atom. The average molecular weight is 588 g/mol. The third-order valence-electron chi connectivity index (χ3n) is 9.56. The van der Waals surface area contributed by atoms with Crippen molar-refractivity contribution in [2.45, 2.75) is 109 Å². The van der Waals surface area contributed by atoms with E-state index in [9.17, 15) is 24.3 Å². The highest BCUT2D eigenvalue weighted by atomic mass is 19.1. The van der Waals surface area contributed by atoms with E-state index in [1.165, 1.54) is 12.1 Å². The second kappa shape index (κ2) is 13.0. The molecule has 0 bridgehead atoms. The quantitative estimate of drug-likeness (QED) is 0.400. The first-order valence-electron chi connectivity index (χ1n) is 15.4. The normalized spacial score (nSPS) is 27.7. The Balaban J connectivity index is 1.53. The number of alkyl carbamates (subject to hydrolysis) is 1. The molecule has 3 amide bonds. The summed E-state index contributed by atoms with van der Waals surface area (Å²) in [6, 6.07) is 3.35. The fourth-order valence-electron chi connectivity index (χ4n) is 7.57. The highest BCUT2D eigenvalue weighted by Gasteiger charge is 2.52. The Morgan fingerprint density at radius 3 is 2.26 bits per heavy atom. The largest absolute Gasteiger partial charge is 0.478 e. The Bertz CT molecular complexity index is 1170. The van der Waals surface area contributed by atoms with Crippen molar-refractivity contribution in [3.05, 3.63) is 35.1 Å². The number of ether oxygens (including phenoxy) is 1. The Kier molecular flexibility index (Phi) is 9.83. The number of halogens is 1. The van der Waals surface area contributed by atoms with E-state index in [-0.39, 0.29) is 47.7 Å². The zero-order valence-electron chi connectivity index (χ0n) is 25.2. The number of aromatic carboxylic acids is 1. The predicted octanol–water partition coefficient (Wildman–Crippen LogP) is 5.22. The van der Waals surface area contributed by atoms with E-state index in [0.717, 1.165) is 44.9 Å². The minimum atomic E-state index is -1.35. The Hall–Kier alpha value is -3.17. The van der Waals surface area contributed by atoms with E-state index < -0.39 is 46.9 Å². The molecular weight excluding hydrogens is 541 g/mol. The Morgan fingerprint density at radius 2 is 1.69 bits per heavy atom. The van der Waals surface area contributed by atoms with Crippen LogP contribution in [0.15, 0.2) is 18.2 Å². The number of hydrogen-bond donors (Lipinski definition) is 3. The molecule has 4 rings (SSSR count). The number of nitrogens with two attached hydrogens (primary N) is 1. The van der Waals surface area contributed by atoms with Crippen LogP contribution >= 0.6 is 0 Å². The molecule has 3 fully saturated rings. The molecule has 1 aliphatic heterocycles. The van der Waals surface area contributed by atoms with Crippen LogP contribution in [0.3, 0.4) is 0 Å². The molecule has 4 N–H and O–H groups in total. The van der Waals surface area contributed by atoms with Gasteiger partial charge in [0.1, 0.15) is 17.5 Å². The maximum absolute atomic E-state index is 15.6. The average Bonchev–Trinajstić information content (AvgIpc) is 3.33. The number of nitrogens with one attached hydrogen (secondary N) is 1. The minimum absolute atomic E-state index is 0.0856. The smallest absolute Gasteiger partial charge is 0.407 e. The molecule has 2 unspecified atom stereocenters. The SMILES string of the molecule is CC(NC(=O)OC(C)(C)C)C1CCC(C(=O)N2CC(c3cccc(C(=O)O)c3F)[C@@H](C3CCCCC3)[C@H]2C(N)=O)CC1. The standard InChI is InChI=1S/C32H46FN3O6/c1-18(35-31(41)42-32(2,3)4)19-13-15-21(16-14-19)29(38)36-17-24(22-11-8-12-23(26(22)33)30(39)40)25(27(36)28(34)37)20-9-6-5-7-10-20/h8,11-12,18-21,24-25,27H,5-7,9-10,13-17H2,1-4H3,(H2,34,37)(H,35,41)(H,39,40)/t18?,19?,21?,24?,25-,27+/m1/s1. The maximum Gasteiger partial charge on any atom is 0.407 e. The van der Waals surface area contributed by atoms with Gasteiger partial charge in [-0.2, -0.15) is 0 Å². The molecular formula is C32H46FN3O6. The van der Waals surface area contributed by atoms with Gasteiger partial charge in [-0.05, 0) is 82.8 Å². The van der Waals surface area contributed by atoms with Gasteiger partial charge in [-0.3, -0.25) is 9.59 Å². The molecule has 4 atom stereocenters. The summed E-state index contributed by atoms with van der Waals surface area (Å²) >= 11 is 0. The summed E-state index contributed by atoms with van der Waals surface area (Å²) in [6.45, 7) is 7.51. The summed E-state index contributed by atoms with van der Waals surface area (Å²) in [5.74, 6) is -3.84. The van der Waals surface area contributed by atoms with Crippen LogP contribution in [0.4, 0.5) is 9.18 Å². The highest BCUT2D eigenvalue weighted by Crippen LogP contribution is 2.48. The van der Waals surface area contributed by atoms with Gasteiger partial charge in [0, 0.05) is 24.4 Å². The lowest BCUT2D eigenvalue weighted by Gasteiger charge is -2.37. The van der Waals surface area contributed by atoms with Crippen molar-refractivity contribution in [1.82, 2.24) is 10.2 Å². The van der Waals surface area contributed by atoms with Gasteiger partial charge in [0.25, 0.3) is 0 Å². The van der Waals surface area contributed by atoms with Crippen LogP contribution in [0, 0.1) is 29.5 Å². The lowest BCUT2D eigenvalue weighted by molar-refractivity contribution is -0.143. The van der Waals surface area contributed by atoms with Gasteiger partial charge < -0.3 is 25.8 Å². The van der Waals surface area contributed by atoms with Crippen LogP contribution in [0.5, 0.6) is 0 Å². The molecule has 1 aromatic carbocycles.